The normalized spacial score (nSPS) is 11.3. The molecule has 2 amide bonds. The monoisotopic (exact) mass is 364 g/mol. The minimum Gasteiger partial charge on any atom is -0.320 e. The summed E-state index contributed by atoms with van der Waals surface area (Å²) in [5.41, 5.74) is 0.239. The van der Waals surface area contributed by atoms with Crippen LogP contribution in [0.4, 0.5) is 23.7 Å². The molecule has 0 saturated heterocycles. The zero-order valence-electron chi connectivity index (χ0n) is 15.2. The van der Waals surface area contributed by atoms with Crippen LogP contribution in [-0.4, -0.2) is 17.5 Å². The van der Waals surface area contributed by atoms with Gasteiger partial charge in [0, 0.05) is 25.2 Å². The molecule has 0 bridgehead atoms. The molecule has 0 spiro atoms. The number of nitrogens with one attached hydrogen (secondary N) is 1. The Hall–Kier alpha value is -2.50. The van der Waals surface area contributed by atoms with E-state index in [2.05, 4.69) is 5.32 Å². The summed E-state index contributed by atoms with van der Waals surface area (Å²) in [7, 11) is 0. The molecule has 0 heterocycles. The topological polar surface area (TPSA) is 32.3 Å². The number of nitrogens with zero attached hydrogens (tertiary/aromatic N) is 1. The van der Waals surface area contributed by atoms with Gasteiger partial charge < -0.3 is 10.2 Å². The van der Waals surface area contributed by atoms with Gasteiger partial charge in [-0.25, -0.2) is 18.0 Å². The molecule has 0 aliphatic heterocycles. The number of halogens is 3. The van der Waals surface area contributed by atoms with Gasteiger partial charge in [0.15, 0.2) is 11.6 Å². The van der Waals surface area contributed by atoms with Crippen molar-refractivity contribution in [1.82, 2.24) is 4.90 Å². The Bertz CT molecular complexity index is 734. The third kappa shape index (κ3) is 5.79. The third-order valence-corrected chi connectivity index (χ3v) is 3.87. The highest BCUT2D eigenvalue weighted by Gasteiger charge is 2.21. The number of amides is 2. The van der Waals surface area contributed by atoms with Crippen molar-refractivity contribution < 1.29 is 18.0 Å². The number of anilines is 1. The van der Waals surface area contributed by atoms with Crippen molar-refractivity contribution >= 4 is 11.7 Å². The number of urea groups is 1. The molecule has 6 heteroatoms. The summed E-state index contributed by atoms with van der Waals surface area (Å²) in [5, 5.41) is 2.23. The second-order valence-electron chi connectivity index (χ2n) is 7.39. The highest BCUT2D eigenvalue weighted by molar-refractivity contribution is 5.89. The Labute approximate surface area is 151 Å². The maximum Gasteiger partial charge on any atom is 0.322 e. The first-order valence-electron chi connectivity index (χ1n) is 8.40. The standard InChI is InChI=1S/C20H23F3N2O/c1-20(2,3)9-10-25(13-14-7-5-4-6-8-14)19(26)24-18-16(22)11-15(21)12-17(18)23/h4-8,11-12H,9-10,13H2,1-3H3,(H,24,26). The lowest BCUT2D eigenvalue weighted by molar-refractivity contribution is 0.198. The summed E-state index contributed by atoms with van der Waals surface area (Å²) in [4.78, 5) is 14.1. The van der Waals surface area contributed by atoms with Crippen molar-refractivity contribution in [2.75, 3.05) is 11.9 Å². The first-order chi connectivity index (χ1) is 12.2. The van der Waals surface area contributed by atoms with Gasteiger partial charge >= 0.3 is 6.03 Å². The molecule has 0 aromatic heterocycles. The van der Waals surface area contributed by atoms with Crippen LogP contribution >= 0.6 is 0 Å². The molecule has 0 aliphatic rings. The highest BCUT2D eigenvalue weighted by Crippen LogP contribution is 2.23. The quantitative estimate of drug-likeness (QED) is 0.739. The third-order valence-electron chi connectivity index (χ3n) is 3.87. The van der Waals surface area contributed by atoms with Crippen LogP contribution in [0, 0.1) is 22.9 Å². The van der Waals surface area contributed by atoms with Crippen molar-refractivity contribution in [3.63, 3.8) is 0 Å². The SMILES string of the molecule is CC(C)(C)CCN(Cc1ccccc1)C(=O)Nc1c(F)cc(F)cc1F. The molecule has 0 atom stereocenters. The van der Waals surface area contributed by atoms with Crippen LogP contribution in [0.5, 0.6) is 0 Å². The van der Waals surface area contributed by atoms with E-state index < -0.39 is 29.2 Å². The number of hydrogen-bond acceptors (Lipinski definition) is 1. The lowest BCUT2D eigenvalue weighted by atomic mass is 9.92. The van der Waals surface area contributed by atoms with Crippen molar-refractivity contribution in [1.29, 1.82) is 0 Å². The van der Waals surface area contributed by atoms with Gasteiger partial charge in [-0.3, -0.25) is 0 Å². The molecule has 2 aromatic rings. The Kier molecular flexibility index (Phi) is 6.29. The van der Waals surface area contributed by atoms with E-state index in [1.807, 2.05) is 51.1 Å². The smallest absolute Gasteiger partial charge is 0.320 e. The fourth-order valence-electron chi connectivity index (χ4n) is 2.37. The van der Waals surface area contributed by atoms with Crippen molar-refractivity contribution in [2.24, 2.45) is 5.41 Å². The summed E-state index contributed by atoms with van der Waals surface area (Å²) < 4.78 is 40.7. The highest BCUT2D eigenvalue weighted by atomic mass is 19.1. The van der Waals surface area contributed by atoms with Crippen LogP contribution in [0.15, 0.2) is 42.5 Å². The van der Waals surface area contributed by atoms with Crippen molar-refractivity contribution in [3.8, 4) is 0 Å². The molecule has 2 aromatic carbocycles. The average molecular weight is 364 g/mol. The Morgan fingerprint density at radius 2 is 1.62 bits per heavy atom. The summed E-state index contributed by atoms with van der Waals surface area (Å²) in [6.07, 6.45) is 0.710. The lowest BCUT2D eigenvalue weighted by Crippen LogP contribution is -2.37. The lowest BCUT2D eigenvalue weighted by Gasteiger charge is -2.27. The first kappa shape index (κ1) is 19.8. The van der Waals surface area contributed by atoms with E-state index >= 15 is 0 Å². The van der Waals surface area contributed by atoms with E-state index in [1.165, 1.54) is 4.90 Å². The number of carbonyl (C=O) groups is 1. The second kappa shape index (κ2) is 8.25. The molecule has 0 saturated carbocycles. The summed E-state index contributed by atoms with van der Waals surface area (Å²) >= 11 is 0. The van der Waals surface area contributed by atoms with Crippen LogP contribution in [0.2, 0.25) is 0 Å². The molecule has 140 valence electrons. The van der Waals surface area contributed by atoms with E-state index in [4.69, 9.17) is 0 Å². The zero-order valence-corrected chi connectivity index (χ0v) is 15.2. The van der Waals surface area contributed by atoms with E-state index in [0.717, 1.165) is 5.56 Å². The van der Waals surface area contributed by atoms with E-state index in [9.17, 15) is 18.0 Å². The van der Waals surface area contributed by atoms with Crippen molar-refractivity contribution in [3.05, 3.63) is 65.5 Å². The molecule has 0 unspecified atom stereocenters. The van der Waals surface area contributed by atoms with Crippen LogP contribution in [0.25, 0.3) is 0 Å². The number of rotatable bonds is 5. The van der Waals surface area contributed by atoms with E-state index in [0.29, 0.717) is 31.6 Å². The second-order valence-corrected chi connectivity index (χ2v) is 7.39. The van der Waals surface area contributed by atoms with Gasteiger partial charge in [-0.2, -0.15) is 0 Å². The minimum atomic E-state index is -1.15. The van der Waals surface area contributed by atoms with Crippen LogP contribution in [-0.2, 0) is 6.54 Å². The number of hydrogen-bond donors (Lipinski definition) is 1. The fraction of sp³-hybridized carbons (Fsp3) is 0.350. The van der Waals surface area contributed by atoms with Gasteiger partial charge in [0.2, 0.25) is 0 Å². The Balaban J connectivity index is 2.19. The van der Waals surface area contributed by atoms with E-state index in [-0.39, 0.29) is 5.41 Å². The Morgan fingerprint density at radius 3 is 2.15 bits per heavy atom. The Morgan fingerprint density at radius 1 is 1.04 bits per heavy atom. The van der Waals surface area contributed by atoms with Gasteiger partial charge in [-0.15, -0.1) is 0 Å². The summed E-state index contributed by atoms with van der Waals surface area (Å²) in [6, 6.07) is 9.76. The van der Waals surface area contributed by atoms with Gasteiger partial charge in [-0.05, 0) is 17.4 Å². The largest absolute Gasteiger partial charge is 0.322 e. The molecular weight excluding hydrogens is 341 g/mol. The number of carbonyl (C=O) groups excluding carboxylic acids is 1. The predicted octanol–water partition coefficient (Wildman–Crippen LogP) is 5.57. The van der Waals surface area contributed by atoms with Crippen LogP contribution in [0.3, 0.4) is 0 Å². The average Bonchev–Trinajstić information content (AvgIpc) is 2.54. The maximum atomic E-state index is 13.8. The molecule has 0 fully saturated rings. The molecule has 1 N–H and O–H groups in total. The summed E-state index contributed by atoms with van der Waals surface area (Å²) in [5.74, 6) is -3.33. The molecule has 2 rings (SSSR count). The fourth-order valence-corrected chi connectivity index (χ4v) is 2.37. The van der Waals surface area contributed by atoms with Crippen LogP contribution < -0.4 is 5.32 Å². The molecular formula is C20H23F3N2O. The predicted molar refractivity (Wildman–Crippen MR) is 96.3 cm³/mol. The molecule has 0 radical (unpaired) electrons. The zero-order chi connectivity index (χ0) is 19.3. The van der Waals surface area contributed by atoms with Gasteiger partial charge in [0.1, 0.15) is 11.5 Å². The number of benzene rings is 2. The summed E-state index contributed by atoms with van der Waals surface area (Å²) in [6.45, 7) is 6.85. The van der Waals surface area contributed by atoms with Gasteiger partial charge in [-0.1, -0.05) is 51.1 Å². The maximum absolute atomic E-state index is 13.8. The molecule has 26 heavy (non-hydrogen) atoms. The van der Waals surface area contributed by atoms with Crippen LogP contribution in [0.1, 0.15) is 32.8 Å². The molecule has 3 nitrogen and oxygen atoms in total. The van der Waals surface area contributed by atoms with E-state index in [1.54, 1.807) is 0 Å². The first-order valence-corrected chi connectivity index (χ1v) is 8.40. The molecule has 0 aliphatic carbocycles. The van der Waals surface area contributed by atoms with Crippen molar-refractivity contribution in [2.45, 2.75) is 33.7 Å². The minimum absolute atomic E-state index is 0.0123. The van der Waals surface area contributed by atoms with Gasteiger partial charge in [0.25, 0.3) is 0 Å². The van der Waals surface area contributed by atoms with Gasteiger partial charge in [0.05, 0.1) is 0 Å².